The molecule has 0 saturated carbocycles. The number of carbonyl (C=O) groups excluding carboxylic acids is 1. The Morgan fingerprint density at radius 3 is 2.57 bits per heavy atom. The smallest absolute Gasteiger partial charge is 0.462 e. The number of aromatic amines is 1. The molecule has 12 nitrogen and oxygen atoms in total. The van der Waals surface area contributed by atoms with Gasteiger partial charge in [-0.05, 0) is 43.9 Å². The van der Waals surface area contributed by atoms with E-state index >= 15 is 4.39 Å². The molecule has 1 aromatic heterocycles. The Morgan fingerprint density at radius 1 is 1.30 bits per heavy atom. The van der Waals surface area contributed by atoms with E-state index in [4.69, 9.17) is 18.8 Å². The van der Waals surface area contributed by atoms with Crippen LogP contribution in [-0.2, 0) is 23.4 Å². The monoisotopic (exact) mass is 542 g/mol. The maximum Gasteiger partial charge on any atom is 0.653 e. The molecular formula is C23H30FN3O9P+. The number of para-hydroxylation sites is 1. The number of nitrogens with zero attached hydrogens (tertiary/aromatic N) is 2. The van der Waals surface area contributed by atoms with Gasteiger partial charge in [-0.3, -0.25) is 19.1 Å². The van der Waals surface area contributed by atoms with Crippen molar-refractivity contribution < 1.29 is 37.7 Å². The summed E-state index contributed by atoms with van der Waals surface area (Å²) in [6, 6.07) is 8.17. The molecule has 0 bridgehead atoms. The maximum absolute atomic E-state index is 15.4. The van der Waals surface area contributed by atoms with E-state index in [-0.39, 0.29) is 12.2 Å². The molecule has 6 atom stereocenters. The van der Waals surface area contributed by atoms with Gasteiger partial charge in [-0.2, -0.15) is 0 Å². The minimum atomic E-state index is -2.88. The van der Waals surface area contributed by atoms with Gasteiger partial charge in [0.2, 0.25) is 0 Å². The summed E-state index contributed by atoms with van der Waals surface area (Å²) in [6.07, 6.45) is -3.96. The third kappa shape index (κ3) is 6.68. The zero-order chi connectivity index (χ0) is 27.3. The zero-order valence-corrected chi connectivity index (χ0v) is 21.7. The summed E-state index contributed by atoms with van der Waals surface area (Å²) in [6.45, 7) is 5.46. The third-order valence-electron chi connectivity index (χ3n) is 5.55. The lowest BCUT2D eigenvalue weighted by Gasteiger charge is -2.24. The van der Waals surface area contributed by atoms with Gasteiger partial charge in [-0.1, -0.05) is 25.1 Å². The van der Waals surface area contributed by atoms with Gasteiger partial charge in [0.25, 0.3) is 5.56 Å². The van der Waals surface area contributed by atoms with E-state index in [1.165, 1.54) is 0 Å². The Morgan fingerprint density at radius 2 is 1.97 bits per heavy atom. The number of aliphatic hydroxyl groups is 1. The predicted molar refractivity (Wildman–Crippen MR) is 129 cm³/mol. The maximum atomic E-state index is 15.4. The van der Waals surface area contributed by atoms with Crippen LogP contribution in [0.1, 0.15) is 40.3 Å². The lowest BCUT2D eigenvalue weighted by atomic mass is 9.98. The number of hydroxylamine groups is 1. The highest BCUT2D eigenvalue weighted by Gasteiger charge is 2.56. The lowest BCUT2D eigenvalue weighted by molar-refractivity contribution is -0.160. The summed E-state index contributed by atoms with van der Waals surface area (Å²) < 4.78 is 45.6. The van der Waals surface area contributed by atoms with Crippen molar-refractivity contribution in [3.8, 4) is 5.75 Å². The standard InChI is InChI=1S/C23H29FN3O9P/c1-5-16(20(30)34-14(2)3)27(36-15-9-7-6-8-10-15)37(32)33-13-17-19(29)23(4,24)21(35-17)26-12-11-18(28)25-22(26)31/h6-12,14,16-17,19,21,29H,5,13H2,1-4H3/p+1/t16?,17-,19-,21-,23-/m1/s1. The van der Waals surface area contributed by atoms with E-state index < -0.39 is 68.3 Å². The van der Waals surface area contributed by atoms with Crippen molar-refractivity contribution in [2.45, 2.75) is 70.4 Å². The van der Waals surface area contributed by atoms with Crippen molar-refractivity contribution in [1.29, 1.82) is 0 Å². The van der Waals surface area contributed by atoms with Gasteiger partial charge in [0.05, 0.1) is 6.10 Å². The predicted octanol–water partition coefficient (Wildman–Crippen LogP) is 2.22. The molecule has 14 heteroatoms. The van der Waals surface area contributed by atoms with Crippen molar-refractivity contribution in [1.82, 2.24) is 14.4 Å². The van der Waals surface area contributed by atoms with Crippen molar-refractivity contribution >= 4 is 14.1 Å². The van der Waals surface area contributed by atoms with Gasteiger partial charge < -0.3 is 19.4 Å². The second-order valence-corrected chi connectivity index (χ2v) is 9.92. The molecule has 2 heterocycles. The molecule has 1 fully saturated rings. The molecule has 2 aromatic rings. The molecule has 1 saturated heterocycles. The molecule has 1 aliphatic rings. The highest BCUT2D eigenvalue weighted by Crippen LogP contribution is 2.42. The Balaban J connectivity index is 1.78. The summed E-state index contributed by atoms with van der Waals surface area (Å²) in [5.41, 5.74) is -4.08. The van der Waals surface area contributed by atoms with Crippen LogP contribution in [0, 0.1) is 0 Å². The van der Waals surface area contributed by atoms with E-state index in [0.717, 1.165) is 28.6 Å². The summed E-state index contributed by atoms with van der Waals surface area (Å²) in [5.74, 6) is -0.414. The third-order valence-corrected chi connectivity index (χ3v) is 6.60. The molecule has 0 radical (unpaired) electrons. The number of aliphatic hydroxyl groups excluding tert-OH is 1. The average Bonchev–Trinajstić information content (AvgIpc) is 3.06. The number of alkyl halides is 1. The molecule has 0 spiro atoms. The highest BCUT2D eigenvalue weighted by molar-refractivity contribution is 7.36. The molecule has 2 N–H and O–H groups in total. The second-order valence-electron chi connectivity index (χ2n) is 8.79. The van der Waals surface area contributed by atoms with Crippen molar-refractivity contribution in [3.05, 3.63) is 63.4 Å². The first-order valence-corrected chi connectivity index (χ1v) is 12.8. The quantitative estimate of drug-likeness (QED) is 0.246. The Bertz CT molecular complexity index is 1200. The largest absolute Gasteiger partial charge is 0.653 e. The Kier molecular flexibility index (Phi) is 9.32. The first kappa shape index (κ1) is 28.6. The first-order chi connectivity index (χ1) is 17.4. The van der Waals surface area contributed by atoms with Gasteiger partial charge >= 0.3 is 19.8 Å². The van der Waals surface area contributed by atoms with Crippen molar-refractivity contribution in [3.63, 3.8) is 0 Å². The fourth-order valence-electron chi connectivity index (χ4n) is 3.68. The molecule has 1 aromatic carbocycles. The van der Waals surface area contributed by atoms with Crippen LogP contribution in [0.4, 0.5) is 4.39 Å². The van der Waals surface area contributed by atoms with Crippen LogP contribution < -0.4 is 16.1 Å². The summed E-state index contributed by atoms with van der Waals surface area (Å²) in [5, 5.41) is 10.5. The van der Waals surface area contributed by atoms with Gasteiger partial charge in [-0.25, -0.2) is 9.18 Å². The topological polar surface area (TPSA) is 149 Å². The number of carbonyl (C=O) groups is 1. The first-order valence-electron chi connectivity index (χ1n) is 11.6. The number of hydrogen-bond acceptors (Lipinski definition) is 9. The van der Waals surface area contributed by atoms with Gasteiger partial charge in [-0.15, -0.1) is 4.52 Å². The number of H-pyrrole nitrogens is 1. The fourth-order valence-corrected chi connectivity index (χ4v) is 4.72. The van der Waals surface area contributed by atoms with Gasteiger partial charge in [0.1, 0.15) is 23.6 Å². The Labute approximate surface area is 212 Å². The van der Waals surface area contributed by atoms with Crippen LogP contribution in [0.15, 0.2) is 52.2 Å². The average molecular weight is 542 g/mol. The number of hydrogen-bond donors (Lipinski definition) is 2. The molecule has 202 valence electrons. The van der Waals surface area contributed by atoms with Crippen LogP contribution >= 0.6 is 8.18 Å². The van der Waals surface area contributed by atoms with Crippen molar-refractivity contribution in [2.24, 2.45) is 0 Å². The minimum Gasteiger partial charge on any atom is -0.462 e. The molecule has 2 unspecified atom stereocenters. The van der Waals surface area contributed by atoms with E-state index in [1.807, 2.05) is 4.98 Å². The molecular weight excluding hydrogens is 512 g/mol. The van der Waals surface area contributed by atoms with Crippen LogP contribution in [0.25, 0.3) is 0 Å². The van der Waals surface area contributed by atoms with Crippen LogP contribution in [0.3, 0.4) is 0 Å². The molecule has 0 amide bonds. The molecule has 37 heavy (non-hydrogen) atoms. The molecule has 3 rings (SSSR count). The zero-order valence-electron chi connectivity index (χ0n) is 20.8. The summed E-state index contributed by atoms with van der Waals surface area (Å²) >= 11 is 0. The molecule has 1 aliphatic heterocycles. The fraction of sp³-hybridized carbons (Fsp3) is 0.522. The van der Waals surface area contributed by atoms with Crippen molar-refractivity contribution in [2.75, 3.05) is 6.61 Å². The minimum absolute atomic E-state index is 0.158. The summed E-state index contributed by atoms with van der Waals surface area (Å²) in [4.78, 5) is 44.7. The normalized spacial score (nSPS) is 24.8. The molecule has 0 aliphatic carbocycles. The van der Waals surface area contributed by atoms with Crippen LogP contribution in [0.5, 0.6) is 5.75 Å². The number of rotatable bonds is 11. The number of aromatic nitrogens is 2. The number of esters is 1. The van der Waals surface area contributed by atoms with Gasteiger partial charge in [0.15, 0.2) is 23.7 Å². The van der Waals surface area contributed by atoms with E-state index in [2.05, 4.69) is 0 Å². The number of benzene rings is 1. The Hall–Kier alpha value is -2.96. The summed E-state index contributed by atoms with van der Waals surface area (Å²) in [7, 11) is -2.88. The van der Waals surface area contributed by atoms with E-state index in [9.17, 15) is 24.1 Å². The van der Waals surface area contributed by atoms with E-state index in [1.54, 1.807) is 51.1 Å². The number of halogens is 1. The lowest BCUT2D eigenvalue weighted by Crippen LogP contribution is -2.44. The van der Waals surface area contributed by atoms with Crippen LogP contribution in [-0.4, -0.2) is 62.1 Å². The van der Waals surface area contributed by atoms with E-state index in [0.29, 0.717) is 0 Å². The number of ether oxygens (including phenoxy) is 2. The van der Waals surface area contributed by atoms with Crippen LogP contribution in [0.2, 0.25) is 0 Å². The SMILES string of the molecule is CCC(C(=O)OC(C)C)N(Oc1ccccc1)[P+](=O)OC[C@H]1O[C@@H](n2ccc(=O)[nH]c2=O)[C@](C)(F)[C@@H]1O. The van der Waals surface area contributed by atoms with Gasteiger partial charge in [0, 0.05) is 12.3 Å². The number of nitrogens with one attached hydrogen (secondary N) is 1. The second kappa shape index (κ2) is 12.1. The highest BCUT2D eigenvalue weighted by atomic mass is 31.1.